The molecule has 3 nitrogen and oxygen atoms in total. The molecule has 0 aromatic rings. The van der Waals surface area contributed by atoms with Crippen molar-refractivity contribution in [1.29, 1.82) is 0 Å². The van der Waals surface area contributed by atoms with Gasteiger partial charge in [-0.1, -0.05) is 41.5 Å². The van der Waals surface area contributed by atoms with Crippen LogP contribution < -0.4 is 0 Å². The van der Waals surface area contributed by atoms with E-state index < -0.39 is 0 Å². The number of hydrogen-bond donors (Lipinski definition) is 0. The molecule has 0 saturated carbocycles. The summed E-state index contributed by atoms with van der Waals surface area (Å²) >= 11 is 0. The minimum atomic E-state index is 0.339. The van der Waals surface area contributed by atoms with Gasteiger partial charge in [-0.2, -0.15) is 0 Å². The van der Waals surface area contributed by atoms with Gasteiger partial charge in [0.15, 0.2) is 0 Å². The largest absolute Gasteiger partial charge is 0.342 e. The van der Waals surface area contributed by atoms with E-state index in [1.165, 1.54) is 26.1 Å². The molecule has 0 aromatic carbocycles. The van der Waals surface area contributed by atoms with E-state index in [0.717, 1.165) is 24.9 Å². The molecule has 2 aliphatic heterocycles. The van der Waals surface area contributed by atoms with Gasteiger partial charge in [0.2, 0.25) is 5.91 Å². The molecule has 2 saturated heterocycles. The lowest BCUT2D eigenvalue weighted by molar-refractivity contribution is -0.130. The molecule has 2 heterocycles. The molecule has 0 aromatic heterocycles. The maximum atomic E-state index is 11.6. The van der Waals surface area contributed by atoms with Crippen molar-refractivity contribution in [3.8, 4) is 0 Å². The van der Waals surface area contributed by atoms with Crippen LogP contribution in [0.3, 0.4) is 0 Å². The van der Waals surface area contributed by atoms with Gasteiger partial charge in [-0.25, -0.2) is 0 Å². The fourth-order valence-electron chi connectivity index (χ4n) is 3.02. The molecule has 2 atom stereocenters. The lowest BCUT2D eigenvalue weighted by Gasteiger charge is -2.20. The molecule has 0 bridgehead atoms. The van der Waals surface area contributed by atoms with E-state index in [1.54, 1.807) is 0 Å². The maximum absolute atomic E-state index is 11.6. The predicted molar refractivity (Wildman–Crippen MR) is 83.3 cm³/mol. The van der Waals surface area contributed by atoms with Crippen LogP contribution >= 0.6 is 0 Å². The minimum absolute atomic E-state index is 0.339. The molecule has 0 radical (unpaired) electrons. The van der Waals surface area contributed by atoms with Crippen LogP contribution in [-0.4, -0.2) is 48.4 Å². The Morgan fingerprint density at radius 1 is 0.947 bits per heavy atom. The van der Waals surface area contributed by atoms with Crippen molar-refractivity contribution >= 4 is 5.91 Å². The highest BCUT2D eigenvalue weighted by atomic mass is 16.2. The molecule has 19 heavy (non-hydrogen) atoms. The Balaban J connectivity index is 0.000000741. The second-order valence-electron chi connectivity index (χ2n) is 4.93. The van der Waals surface area contributed by atoms with Crippen molar-refractivity contribution < 1.29 is 4.79 Å². The summed E-state index contributed by atoms with van der Waals surface area (Å²) in [7, 11) is 0. The highest BCUT2D eigenvalue weighted by Crippen LogP contribution is 2.31. The summed E-state index contributed by atoms with van der Waals surface area (Å²) in [6.07, 6.45) is 1.91. The van der Waals surface area contributed by atoms with Crippen LogP contribution in [0.15, 0.2) is 0 Å². The van der Waals surface area contributed by atoms with Crippen molar-refractivity contribution in [2.24, 2.45) is 11.8 Å². The van der Waals surface area contributed by atoms with Crippen molar-refractivity contribution in [3.05, 3.63) is 0 Å². The molecule has 114 valence electrons. The highest BCUT2D eigenvalue weighted by Gasteiger charge is 2.40. The number of carbonyl (C=O) groups is 1. The first-order chi connectivity index (χ1) is 9.24. The van der Waals surface area contributed by atoms with Crippen LogP contribution in [-0.2, 0) is 4.79 Å². The van der Waals surface area contributed by atoms with E-state index >= 15 is 0 Å². The lowest BCUT2D eigenvalue weighted by Crippen LogP contribution is -2.32. The highest BCUT2D eigenvalue weighted by molar-refractivity contribution is 5.76. The first-order valence-corrected chi connectivity index (χ1v) is 8.24. The zero-order valence-electron chi connectivity index (χ0n) is 13.9. The van der Waals surface area contributed by atoms with Gasteiger partial charge in [0.05, 0.1) is 0 Å². The SMILES string of the molecule is CC.CC.CCCN1C[C@@H]2CN(C(=O)CC)C[C@@H]2C1. The Bertz CT molecular complexity index is 229. The predicted octanol–water partition coefficient (Wildman–Crippen LogP) is 3.25. The van der Waals surface area contributed by atoms with E-state index in [0.29, 0.717) is 12.3 Å². The lowest BCUT2D eigenvalue weighted by atomic mass is 10.0. The molecule has 0 spiro atoms. The summed E-state index contributed by atoms with van der Waals surface area (Å²) in [5.41, 5.74) is 0. The average Bonchev–Trinajstić information content (AvgIpc) is 3.01. The van der Waals surface area contributed by atoms with E-state index in [9.17, 15) is 4.79 Å². The van der Waals surface area contributed by atoms with Crippen LogP contribution in [0.25, 0.3) is 0 Å². The molecule has 3 heteroatoms. The minimum Gasteiger partial charge on any atom is -0.342 e. The van der Waals surface area contributed by atoms with Crippen LogP contribution in [0.4, 0.5) is 0 Å². The number of carbonyl (C=O) groups excluding carboxylic acids is 1. The van der Waals surface area contributed by atoms with E-state index in [2.05, 4.69) is 16.7 Å². The quantitative estimate of drug-likeness (QED) is 0.786. The molecular weight excluding hydrogens is 236 g/mol. The topological polar surface area (TPSA) is 23.6 Å². The van der Waals surface area contributed by atoms with E-state index in [1.807, 2.05) is 34.6 Å². The third-order valence-electron chi connectivity index (χ3n) is 3.76. The number of fused-ring (bicyclic) bond motifs is 1. The number of rotatable bonds is 3. The van der Waals surface area contributed by atoms with Gasteiger partial charge >= 0.3 is 0 Å². The molecule has 0 unspecified atom stereocenters. The summed E-state index contributed by atoms with van der Waals surface area (Å²) in [4.78, 5) is 16.2. The molecule has 0 aliphatic carbocycles. The molecule has 0 N–H and O–H groups in total. The summed E-state index contributed by atoms with van der Waals surface area (Å²) in [5.74, 6) is 1.85. The number of likely N-dealkylation sites (tertiary alicyclic amines) is 2. The number of nitrogens with zero attached hydrogens (tertiary/aromatic N) is 2. The number of amides is 1. The Kier molecular flexibility index (Phi) is 9.94. The van der Waals surface area contributed by atoms with Crippen LogP contribution in [0.2, 0.25) is 0 Å². The zero-order valence-corrected chi connectivity index (χ0v) is 13.9. The van der Waals surface area contributed by atoms with Crippen molar-refractivity contribution in [3.63, 3.8) is 0 Å². The molecule has 2 rings (SSSR count). The Labute approximate surface area is 120 Å². The second-order valence-corrected chi connectivity index (χ2v) is 4.93. The zero-order chi connectivity index (χ0) is 14.8. The number of hydrogen-bond acceptors (Lipinski definition) is 2. The second kappa shape index (κ2) is 10.2. The van der Waals surface area contributed by atoms with Gasteiger partial charge < -0.3 is 9.80 Å². The molecule has 2 aliphatic rings. The molecule has 1 amide bonds. The van der Waals surface area contributed by atoms with E-state index in [4.69, 9.17) is 0 Å². The van der Waals surface area contributed by atoms with Gasteiger partial charge in [-0.05, 0) is 24.8 Å². The maximum Gasteiger partial charge on any atom is 0.222 e. The fourth-order valence-corrected chi connectivity index (χ4v) is 3.02. The van der Waals surface area contributed by atoms with Gasteiger partial charge in [-0.3, -0.25) is 4.79 Å². The third-order valence-corrected chi connectivity index (χ3v) is 3.76. The van der Waals surface area contributed by atoms with Crippen LogP contribution in [0.5, 0.6) is 0 Å². The summed E-state index contributed by atoms with van der Waals surface area (Å²) < 4.78 is 0. The van der Waals surface area contributed by atoms with Gasteiger partial charge in [0, 0.05) is 32.6 Å². The first kappa shape index (κ1) is 18.4. The summed E-state index contributed by atoms with van der Waals surface area (Å²) in [5, 5.41) is 0. The Hall–Kier alpha value is -0.570. The third kappa shape index (κ3) is 5.13. The van der Waals surface area contributed by atoms with Crippen molar-refractivity contribution in [1.82, 2.24) is 9.80 Å². The smallest absolute Gasteiger partial charge is 0.222 e. The van der Waals surface area contributed by atoms with Gasteiger partial charge in [0.1, 0.15) is 0 Å². The van der Waals surface area contributed by atoms with Crippen LogP contribution in [0.1, 0.15) is 54.4 Å². The normalized spacial score (nSPS) is 25.1. The van der Waals surface area contributed by atoms with E-state index in [-0.39, 0.29) is 0 Å². The monoisotopic (exact) mass is 270 g/mol. The van der Waals surface area contributed by atoms with Crippen molar-refractivity contribution in [2.45, 2.75) is 54.4 Å². The van der Waals surface area contributed by atoms with Gasteiger partial charge in [0.25, 0.3) is 0 Å². The first-order valence-electron chi connectivity index (χ1n) is 8.24. The average molecular weight is 270 g/mol. The standard InChI is InChI=1S/C12H22N2O.2C2H6/c1-3-5-13-6-10-8-14(12(15)4-2)9-11(10)7-13;2*1-2/h10-11H,3-9H2,1-2H3;2*1-2H3/t10-,11+;;. The summed E-state index contributed by atoms with van der Waals surface area (Å²) in [6, 6.07) is 0. The molecular formula is C16H34N2O. The Morgan fingerprint density at radius 2 is 1.42 bits per heavy atom. The fraction of sp³-hybridized carbons (Fsp3) is 0.938. The van der Waals surface area contributed by atoms with Crippen molar-refractivity contribution in [2.75, 3.05) is 32.7 Å². The van der Waals surface area contributed by atoms with Crippen LogP contribution in [0, 0.1) is 11.8 Å². The Morgan fingerprint density at radius 3 is 1.79 bits per heavy atom. The van der Waals surface area contributed by atoms with Gasteiger partial charge in [-0.15, -0.1) is 0 Å². The summed E-state index contributed by atoms with van der Waals surface area (Å²) in [6.45, 7) is 17.9. The molecule has 2 fully saturated rings.